The monoisotopic (exact) mass is 346 g/mol. The van der Waals surface area contributed by atoms with Gasteiger partial charge in [-0.05, 0) is 37.6 Å². The highest BCUT2D eigenvalue weighted by Gasteiger charge is 2.16. The molecule has 3 rings (SSSR count). The SMILES string of the molecule is Cc1nn(C)c(C)c1/C=C/C(=O)NC(c1ccccc1)c1ccccn1. The van der Waals surface area contributed by atoms with Crippen LogP contribution in [0.15, 0.2) is 60.8 Å². The van der Waals surface area contributed by atoms with Gasteiger partial charge in [0, 0.05) is 30.6 Å². The Hall–Kier alpha value is -3.21. The zero-order valence-corrected chi connectivity index (χ0v) is 15.2. The fourth-order valence-electron chi connectivity index (χ4n) is 2.90. The van der Waals surface area contributed by atoms with Crippen molar-refractivity contribution >= 4 is 12.0 Å². The number of aromatic nitrogens is 3. The van der Waals surface area contributed by atoms with Crippen molar-refractivity contribution in [3.8, 4) is 0 Å². The number of nitrogens with zero attached hydrogens (tertiary/aromatic N) is 3. The second kappa shape index (κ2) is 7.78. The van der Waals surface area contributed by atoms with E-state index in [0.29, 0.717) is 0 Å². The zero-order valence-electron chi connectivity index (χ0n) is 15.2. The van der Waals surface area contributed by atoms with Crippen LogP contribution in [-0.4, -0.2) is 20.7 Å². The molecular formula is C21H22N4O. The quantitative estimate of drug-likeness (QED) is 0.721. The van der Waals surface area contributed by atoms with Crippen molar-refractivity contribution in [3.05, 3.63) is 89.0 Å². The van der Waals surface area contributed by atoms with Crippen LogP contribution in [-0.2, 0) is 11.8 Å². The van der Waals surface area contributed by atoms with Crippen LogP contribution in [0.1, 0.15) is 34.3 Å². The van der Waals surface area contributed by atoms with E-state index in [9.17, 15) is 4.79 Å². The minimum Gasteiger partial charge on any atom is -0.340 e. The van der Waals surface area contributed by atoms with Gasteiger partial charge in [-0.3, -0.25) is 14.5 Å². The standard InChI is InChI=1S/C21H22N4O/c1-15-18(16(2)25(3)24-15)12-13-20(26)23-21(17-9-5-4-6-10-17)19-11-7-8-14-22-19/h4-14,21H,1-3H3,(H,23,26)/b13-12+. The molecule has 0 aliphatic heterocycles. The molecule has 0 bridgehead atoms. The van der Waals surface area contributed by atoms with Crippen LogP contribution >= 0.6 is 0 Å². The lowest BCUT2D eigenvalue weighted by molar-refractivity contribution is -0.116. The third kappa shape index (κ3) is 3.88. The highest BCUT2D eigenvalue weighted by Crippen LogP contribution is 2.20. The molecule has 0 saturated carbocycles. The number of carbonyl (C=O) groups excluding carboxylic acids is 1. The van der Waals surface area contributed by atoms with E-state index in [1.165, 1.54) is 0 Å². The van der Waals surface area contributed by atoms with Gasteiger partial charge >= 0.3 is 0 Å². The van der Waals surface area contributed by atoms with E-state index >= 15 is 0 Å². The maximum atomic E-state index is 12.5. The Morgan fingerprint density at radius 2 is 1.85 bits per heavy atom. The third-order valence-corrected chi connectivity index (χ3v) is 4.37. The summed E-state index contributed by atoms with van der Waals surface area (Å²) in [4.78, 5) is 17.0. The largest absolute Gasteiger partial charge is 0.340 e. The molecule has 5 nitrogen and oxygen atoms in total. The van der Waals surface area contributed by atoms with Crippen molar-refractivity contribution in [2.45, 2.75) is 19.9 Å². The molecule has 5 heteroatoms. The number of pyridine rings is 1. The Bertz CT molecular complexity index is 874. The topological polar surface area (TPSA) is 59.8 Å². The molecule has 1 atom stereocenters. The normalized spacial score (nSPS) is 12.3. The molecule has 0 aliphatic rings. The van der Waals surface area contributed by atoms with Gasteiger partial charge in [0.15, 0.2) is 0 Å². The van der Waals surface area contributed by atoms with Crippen LogP contribution in [0.25, 0.3) is 6.08 Å². The number of hydrogen-bond donors (Lipinski definition) is 1. The Balaban J connectivity index is 1.83. The van der Waals surface area contributed by atoms with Gasteiger partial charge in [0.25, 0.3) is 0 Å². The van der Waals surface area contributed by atoms with Crippen molar-refractivity contribution < 1.29 is 4.79 Å². The van der Waals surface area contributed by atoms with Crippen LogP contribution in [0.2, 0.25) is 0 Å². The summed E-state index contributed by atoms with van der Waals surface area (Å²) in [5.74, 6) is -0.174. The molecule has 0 saturated heterocycles. The summed E-state index contributed by atoms with van der Waals surface area (Å²) < 4.78 is 1.81. The fourth-order valence-corrected chi connectivity index (χ4v) is 2.90. The van der Waals surface area contributed by atoms with E-state index in [0.717, 1.165) is 28.2 Å². The molecule has 2 heterocycles. The highest BCUT2D eigenvalue weighted by molar-refractivity contribution is 5.92. The average molecular weight is 346 g/mol. The van der Waals surface area contributed by atoms with E-state index in [1.54, 1.807) is 12.3 Å². The number of carbonyl (C=O) groups is 1. The molecule has 2 aromatic heterocycles. The van der Waals surface area contributed by atoms with E-state index in [1.807, 2.05) is 80.2 Å². The number of hydrogen-bond acceptors (Lipinski definition) is 3. The van der Waals surface area contributed by atoms with E-state index in [4.69, 9.17) is 0 Å². The third-order valence-electron chi connectivity index (χ3n) is 4.37. The minimum atomic E-state index is -0.300. The smallest absolute Gasteiger partial charge is 0.244 e. The molecule has 0 radical (unpaired) electrons. The number of amides is 1. The van der Waals surface area contributed by atoms with Crippen LogP contribution in [0.3, 0.4) is 0 Å². The Labute approximate surface area is 153 Å². The van der Waals surface area contributed by atoms with Crippen molar-refractivity contribution in [2.75, 3.05) is 0 Å². The first-order valence-electron chi connectivity index (χ1n) is 8.51. The second-order valence-electron chi connectivity index (χ2n) is 6.15. The van der Waals surface area contributed by atoms with Crippen molar-refractivity contribution in [1.82, 2.24) is 20.1 Å². The first-order chi connectivity index (χ1) is 12.6. The van der Waals surface area contributed by atoms with Crippen molar-refractivity contribution in [2.24, 2.45) is 7.05 Å². The summed E-state index contributed by atoms with van der Waals surface area (Å²) in [5, 5.41) is 7.42. The van der Waals surface area contributed by atoms with Gasteiger partial charge in [-0.15, -0.1) is 0 Å². The van der Waals surface area contributed by atoms with Gasteiger partial charge in [-0.2, -0.15) is 5.10 Å². The predicted octanol–water partition coefficient (Wildman–Crippen LogP) is 3.35. The number of nitrogens with one attached hydrogen (secondary N) is 1. The first kappa shape index (κ1) is 17.6. The van der Waals surface area contributed by atoms with Crippen LogP contribution in [0.5, 0.6) is 0 Å². The number of aryl methyl sites for hydroxylation is 2. The maximum Gasteiger partial charge on any atom is 0.244 e. The molecule has 0 aliphatic carbocycles. The van der Waals surface area contributed by atoms with Gasteiger partial charge in [0.05, 0.1) is 17.4 Å². The molecular weight excluding hydrogens is 324 g/mol. The average Bonchev–Trinajstić information content (AvgIpc) is 2.91. The second-order valence-corrected chi connectivity index (χ2v) is 6.15. The van der Waals surface area contributed by atoms with E-state index in [-0.39, 0.29) is 11.9 Å². The van der Waals surface area contributed by atoms with Crippen LogP contribution < -0.4 is 5.32 Å². The molecule has 132 valence electrons. The highest BCUT2D eigenvalue weighted by atomic mass is 16.1. The summed E-state index contributed by atoms with van der Waals surface area (Å²) in [6, 6.07) is 15.2. The van der Waals surface area contributed by atoms with E-state index < -0.39 is 0 Å². The van der Waals surface area contributed by atoms with Crippen LogP contribution in [0, 0.1) is 13.8 Å². The Kier molecular flexibility index (Phi) is 5.27. The predicted molar refractivity (Wildman–Crippen MR) is 102 cm³/mol. The Morgan fingerprint density at radius 3 is 2.46 bits per heavy atom. The number of rotatable bonds is 5. The van der Waals surface area contributed by atoms with Gasteiger partial charge < -0.3 is 5.32 Å². The minimum absolute atomic E-state index is 0.174. The molecule has 1 amide bonds. The summed E-state index contributed by atoms with van der Waals surface area (Å²) in [5.41, 5.74) is 4.68. The fraction of sp³-hybridized carbons (Fsp3) is 0.190. The lowest BCUT2D eigenvalue weighted by Crippen LogP contribution is -2.28. The summed E-state index contributed by atoms with van der Waals surface area (Å²) in [7, 11) is 1.90. The van der Waals surface area contributed by atoms with Gasteiger partial charge in [-0.25, -0.2) is 0 Å². The zero-order chi connectivity index (χ0) is 18.5. The summed E-state index contributed by atoms with van der Waals surface area (Å²) >= 11 is 0. The molecule has 1 N–H and O–H groups in total. The molecule has 0 fully saturated rings. The molecule has 1 aromatic carbocycles. The maximum absolute atomic E-state index is 12.5. The van der Waals surface area contributed by atoms with E-state index in [2.05, 4.69) is 15.4 Å². The molecule has 3 aromatic rings. The summed E-state index contributed by atoms with van der Waals surface area (Å²) in [6.07, 6.45) is 5.10. The summed E-state index contributed by atoms with van der Waals surface area (Å²) in [6.45, 7) is 3.92. The van der Waals surface area contributed by atoms with Crippen molar-refractivity contribution in [3.63, 3.8) is 0 Å². The number of benzene rings is 1. The molecule has 1 unspecified atom stereocenters. The van der Waals surface area contributed by atoms with Crippen molar-refractivity contribution in [1.29, 1.82) is 0 Å². The van der Waals surface area contributed by atoms with Gasteiger partial charge in [-0.1, -0.05) is 36.4 Å². The molecule has 26 heavy (non-hydrogen) atoms. The first-order valence-corrected chi connectivity index (χ1v) is 8.51. The Morgan fingerprint density at radius 1 is 1.12 bits per heavy atom. The van der Waals surface area contributed by atoms with Gasteiger partial charge in [0.1, 0.15) is 0 Å². The molecule has 0 spiro atoms. The van der Waals surface area contributed by atoms with Crippen LogP contribution in [0.4, 0.5) is 0 Å². The lowest BCUT2D eigenvalue weighted by Gasteiger charge is -2.17. The van der Waals surface area contributed by atoms with Gasteiger partial charge in [0.2, 0.25) is 5.91 Å². The lowest BCUT2D eigenvalue weighted by atomic mass is 10.0.